The molecule has 0 spiro atoms. The highest BCUT2D eigenvalue weighted by Gasteiger charge is 2.26. The molecule has 0 radical (unpaired) electrons. The third-order valence-corrected chi connectivity index (χ3v) is 5.05. The molecule has 1 saturated carbocycles. The molecule has 1 saturated heterocycles. The number of nitrogens with one attached hydrogen (secondary N) is 2. The van der Waals surface area contributed by atoms with Gasteiger partial charge in [-0.2, -0.15) is 0 Å². The Morgan fingerprint density at radius 3 is 2.67 bits per heavy atom. The second-order valence-corrected chi connectivity index (χ2v) is 7.73. The summed E-state index contributed by atoms with van der Waals surface area (Å²) in [5.41, 5.74) is 2.04. The van der Waals surface area contributed by atoms with Gasteiger partial charge in [-0.1, -0.05) is 0 Å². The lowest BCUT2D eigenvalue weighted by molar-refractivity contribution is -0.127. The van der Waals surface area contributed by atoms with Crippen molar-refractivity contribution in [3.05, 3.63) is 29.6 Å². The second kappa shape index (κ2) is 8.59. The Kier molecular flexibility index (Phi) is 6.19. The highest BCUT2D eigenvalue weighted by Crippen LogP contribution is 2.24. The molecule has 148 valence electrons. The fourth-order valence-electron chi connectivity index (χ4n) is 3.32. The number of benzene rings is 1. The zero-order chi connectivity index (χ0) is 19.4. The Labute approximate surface area is 160 Å². The Bertz CT molecular complexity index is 702. The van der Waals surface area contributed by atoms with Crippen LogP contribution in [0.4, 0.5) is 10.1 Å². The highest BCUT2D eigenvalue weighted by molar-refractivity contribution is 5.85. The van der Waals surface area contributed by atoms with Gasteiger partial charge < -0.3 is 20.4 Å². The maximum atomic E-state index is 13.4. The predicted octanol–water partition coefficient (Wildman–Crippen LogP) is 1.89. The molecule has 0 aromatic heterocycles. The molecule has 1 amide bonds. The molecule has 3 rings (SSSR count). The van der Waals surface area contributed by atoms with Gasteiger partial charge in [0.1, 0.15) is 12.4 Å². The van der Waals surface area contributed by atoms with Gasteiger partial charge in [0.05, 0.1) is 0 Å². The molecular formula is C20H30FN5O. The minimum atomic E-state index is -0.198. The molecule has 1 aromatic carbocycles. The number of anilines is 1. The van der Waals surface area contributed by atoms with E-state index < -0.39 is 0 Å². The van der Waals surface area contributed by atoms with E-state index in [2.05, 4.69) is 20.5 Å². The van der Waals surface area contributed by atoms with Crippen LogP contribution in [-0.2, 0) is 4.79 Å². The lowest BCUT2D eigenvalue weighted by atomic mass is 10.0. The highest BCUT2D eigenvalue weighted by atomic mass is 19.1. The van der Waals surface area contributed by atoms with Gasteiger partial charge in [-0.05, 0) is 56.4 Å². The summed E-state index contributed by atoms with van der Waals surface area (Å²) in [6.45, 7) is 3.89. The van der Waals surface area contributed by atoms with Crippen molar-refractivity contribution in [2.24, 2.45) is 4.99 Å². The van der Waals surface area contributed by atoms with Crippen molar-refractivity contribution in [3.63, 3.8) is 0 Å². The van der Waals surface area contributed by atoms with Crippen LogP contribution < -0.4 is 15.5 Å². The van der Waals surface area contributed by atoms with Crippen LogP contribution >= 0.6 is 0 Å². The van der Waals surface area contributed by atoms with Gasteiger partial charge in [-0.3, -0.25) is 4.79 Å². The third kappa shape index (κ3) is 5.58. The summed E-state index contributed by atoms with van der Waals surface area (Å²) in [6, 6.07) is 5.67. The molecule has 1 unspecified atom stereocenters. The number of rotatable bonds is 5. The molecule has 27 heavy (non-hydrogen) atoms. The minimum absolute atomic E-state index is 0.0147. The molecule has 6 nitrogen and oxygen atoms in total. The van der Waals surface area contributed by atoms with E-state index in [1.54, 1.807) is 25.1 Å². The van der Waals surface area contributed by atoms with Gasteiger partial charge in [-0.15, -0.1) is 0 Å². The van der Waals surface area contributed by atoms with E-state index in [4.69, 9.17) is 0 Å². The number of piperidine rings is 1. The number of hydrogen-bond acceptors (Lipinski definition) is 3. The fourth-order valence-corrected chi connectivity index (χ4v) is 3.32. The molecule has 1 aromatic rings. The SMILES string of the molecule is Cc1cc(F)ccc1N1CCCC(NC(=NCC(=O)N(C)C)NC2CC2)C1. The first-order chi connectivity index (χ1) is 12.9. The Morgan fingerprint density at radius 1 is 1.26 bits per heavy atom. The Hall–Kier alpha value is -2.31. The van der Waals surface area contributed by atoms with E-state index in [-0.39, 0.29) is 24.3 Å². The summed E-state index contributed by atoms with van der Waals surface area (Å²) >= 11 is 0. The summed E-state index contributed by atoms with van der Waals surface area (Å²) in [6.07, 6.45) is 4.40. The molecule has 1 atom stereocenters. The van der Waals surface area contributed by atoms with Gasteiger partial charge in [0, 0.05) is 45.0 Å². The molecule has 1 aliphatic carbocycles. The molecular weight excluding hydrogens is 345 g/mol. The van der Waals surface area contributed by atoms with Crippen LogP contribution in [0.5, 0.6) is 0 Å². The minimum Gasteiger partial charge on any atom is -0.369 e. The van der Waals surface area contributed by atoms with E-state index in [1.165, 1.54) is 6.07 Å². The zero-order valence-corrected chi connectivity index (χ0v) is 16.5. The molecule has 2 aliphatic rings. The molecule has 1 aliphatic heterocycles. The van der Waals surface area contributed by atoms with E-state index in [9.17, 15) is 9.18 Å². The number of aryl methyl sites for hydroxylation is 1. The van der Waals surface area contributed by atoms with Crippen molar-refractivity contribution in [3.8, 4) is 0 Å². The maximum Gasteiger partial charge on any atom is 0.243 e. The van der Waals surface area contributed by atoms with Crippen LogP contribution in [0.3, 0.4) is 0 Å². The summed E-state index contributed by atoms with van der Waals surface area (Å²) in [5.74, 6) is 0.506. The first-order valence-electron chi connectivity index (χ1n) is 9.71. The van der Waals surface area contributed by atoms with Gasteiger partial charge in [0.25, 0.3) is 0 Å². The van der Waals surface area contributed by atoms with Crippen LogP contribution in [0.1, 0.15) is 31.2 Å². The van der Waals surface area contributed by atoms with E-state index in [0.717, 1.165) is 56.0 Å². The van der Waals surface area contributed by atoms with Crippen molar-refractivity contribution in [2.45, 2.75) is 44.7 Å². The first kappa shape index (κ1) is 19.5. The monoisotopic (exact) mass is 375 g/mol. The topological polar surface area (TPSA) is 60.0 Å². The van der Waals surface area contributed by atoms with Crippen LogP contribution in [-0.4, -0.2) is 62.6 Å². The first-order valence-corrected chi connectivity index (χ1v) is 9.71. The average molecular weight is 375 g/mol. The summed E-state index contributed by atoms with van der Waals surface area (Å²) < 4.78 is 13.4. The summed E-state index contributed by atoms with van der Waals surface area (Å²) in [7, 11) is 3.48. The van der Waals surface area contributed by atoms with Gasteiger partial charge in [0.15, 0.2) is 5.96 Å². The number of carbonyl (C=O) groups is 1. The van der Waals surface area contributed by atoms with E-state index in [0.29, 0.717) is 6.04 Å². The smallest absolute Gasteiger partial charge is 0.243 e. The Morgan fingerprint density at radius 2 is 2.00 bits per heavy atom. The number of hydrogen-bond donors (Lipinski definition) is 2. The van der Waals surface area contributed by atoms with Crippen LogP contribution in [0.2, 0.25) is 0 Å². The molecule has 7 heteroatoms. The second-order valence-electron chi connectivity index (χ2n) is 7.73. The molecule has 0 bridgehead atoms. The maximum absolute atomic E-state index is 13.4. The number of likely N-dealkylation sites (N-methyl/N-ethyl adjacent to an activating group) is 1. The standard InChI is InChI=1S/C20H30FN5O/c1-14-11-15(21)6-9-18(14)26-10-4-5-17(13-26)24-20(23-16-7-8-16)22-12-19(27)25(2)3/h6,9,11,16-17H,4-5,7-8,10,12-13H2,1-3H3,(H2,22,23,24). The van der Waals surface area contributed by atoms with Crippen LogP contribution in [0, 0.1) is 12.7 Å². The lowest BCUT2D eigenvalue weighted by Gasteiger charge is -2.36. The predicted molar refractivity (Wildman–Crippen MR) is 107 cm³/mol. The van der Waals surface area contributed by atoms with Crippen molar-refractivity contribution in [2.75, 3.05) is 38.6 Å². The lowest BCUT2D eigenvalue weighted by Crippen LogP contribution is -2.52. The van der Waals surface area contributed by atoms with Crippen molar-refractivity contribution < 1.29 is 9.18 Å². The molecule has 1 heterocycles. The molecule has 2 N–H and O–H groups in total. The number of nitrogens with zero attached hydrogens (tertiary/aromatic N) is 3. The number of guanidine groups is 1. The molecule has 2 fully saturated rings. The number of aliphatic imine (C=N–C) groups is 1. The van der Waals surface area contributed by atoms with Crippen LogP contribution in [0.25, 0.3) is 0 Å². The van der Waals surface area contributed by atoms with Crippen molar-refractivity contribution >= 4 is 17.6 Å². The Balaban J connectivity index is 1.64. The van der Waals surface area contributed by atoms with Gasteiger partial charge in [-0.25, -0.2) is 9.38 Å². The summed E-state index contributed by atoms with van der Waals surface area (Å²) in [5, 5.41) is 6.91. The van der Waals surface area contributed by atoms with Gasteiger partial charge >= 0.3 is 0 Å². The zero-order valence-electron chi connectivity index (χ0n) is 16.5. The summed E-state index contributed by atoms with van der Waals surface area (Å²) in [4.78, 5) is 20.2. The van der Waals surface area contributed by atoms with Crippen molar-refractivity contribution in [1.82, 2.24) is 15.5 Å². The quantitative estimate of drug-likeness (QED) is 0.610. The number of carbonyl (C=O) groups excluding carboxylic acids is 1. The fraction of sp³-hybridized carbons (Fsp3) is 0.600. The largest absolute Gasteiger partial charge is 0.369 e. The number of halogens is 1. The third-order valence-electron chi connectivity index (χ3n) is 5.05. The average Bonchev–Trinajstić information content (AvgIpc) is 3.43. The van der Waals surface area contributed by atoms with Crippen molar-refractivity contribution in [1.29, 1.82) is 0 Å². The number of amides is 1. The van der Waals surface area contributed by atoms with Crippen LogP contribution in [0.15, 0.2) is 23.2 Å². The van der Waals surface area contributed by atoms with E-state index in [1.807, 2.05) is 13.0 Å². The van der Waals surface area contributed by atoms with Gasteiger partial charge in [0.2, 0.25) is 5.91 Å². The van der Waals surface area contributed by atoms with E-state index >= 15 is 0 Å². The normalized spacial score (nSPS) is 20.4.